The average molecular weight is 1410 g/mol. The third-order valence-electron chi connectivity index (χ3n) is 24.9. The van der Waals surface area contributed by atoms with Crippen molar-refractivity contribution in [3.63, 3.8) is 0 Å². The van der Waals surface area contributed by atoms with Crippen molar-refractivity contribution in [1.29, 1.82) is 0 Å². The molecule has 0 radical (unpaired) electrons. The van der Waals surface area contributed by atoms with Gasteiger partial charge in [-0.25, -0.2) is 0 Å². The minimum atomic E-state index is -0.232. The Morgan fingerprint density at radius 1 is 0.222 bits per heavy atom. The fraction of sp³-hybridized carbons (Fsp3) is 0.333. The second-order valence-electron chi connectivity index (χ2n) is 40.9. The van der Waals surface area contributed by atoms with Crippen molar-refractivity contribution in [2.24, 2.45) is 0 Å². The number of anilines is 15. The number of rotatable bonds is 4. The number of benzene rings is 11. The molecular formula is C99H106B3N5O. The summed E-state index contributed by atoms with van der Waals surface area (Å²) in [4.78, 5) is 13.5. The first-order chi connectivity index (χ1) is 50.5. The van der Waals surface area contributed by atoms with E-state index >= 15 is 0 Å². The minimum absolute atomic E-state index is 0.102. The van der Waals surface area contributed by atoms with E-state index in [0.29, 0.717) is 0 Å². The zero-order chi connectivity index (χ0) is 76.5. The number of ether oxygens (including phenoxy) is 1. The molecule has 542 valence electrons. The summed E-state index contributed by atoms with van der Waals surface area (Å²) >= 11 is 0. The van der Waals surface area contributed by atoms with Gasteiger partial charge in [0.25, 0.3) is 20.1 Å². The second-order valence-corrected chi connectivity index (χ2v) is 40.9. The minimum Gasteiger partial charge on any atom is -0.453 e. The lowest BCUT2D eigenvalue weighted by molar-refractivity contribution is 0.478. The predicted octanol–water partition coefficient (Wildman–Crippen LogP) is 21.3. The molecule has 11 aromatic carbocycles. The topological polar surface area (TPSA) is 25.4 Å². The van der Waals surface area contributed by atoms with Crippen LogP contribution in [-0.4, -0.2) is 20.1 Å². The number of nitrogens with zero attached hydrogens (tertiary/aromatic N) is 5. The number of para-hydroxylation sites is 4. The Morgan fingerprint density at radius 3 is 0.815 bits per heavy atom. The molecule has 7 aliphatic heterocycles. The van der Waals surface area contributed by atoms with Gasteiger partial charge >= 0.3 is 0 Å². The van der Waals surface area contributed by atoms with Crippen LogP contribution in [0.25, 0.3) is 0 Å². The lowest BCUT2D eigenvalue weighted by Gasteiger charge is -2.53. The smallest absolute Gasteiger partial charge is 0.252 e. The Kier molecular flexibility index (Phi) is 14.8. The van der Waals surface area contributed by atoms with Crippen LogP contribution in [0.4, 0.5) is 85.3 Å². The summed E-state index contributed by atoms with van der Waals surface area (Å²) in [5.74, 6) is 1.78. The molecule has 11 aromatic rings. The summed E-state index contributed by atoms with van der Waals surface area (Å²) in [6, 6.07) is 75.9. The Hall–Kier alpha value is -9.59. The van der Waals surface area contributed by atoms with Gasteiger partial charge in [-0.3, -0.25) is 0 Å². The monoisotopic (exact) mass is 1410 g/mol. The highest BCUT2D eigenvalue weighted by Crippen LogP contribution is 2.58. The normalized spacial score (nSPS) is 15.2. The lowest BCUT2D eigenvalue weighted by Crippen LogP contribution is -2.69. The largest absolute Gasteiger partial charge is 0.453 e. The summed E-state index contributed by atoms with van der Waals surface area (Å²) < 4.78 is 7.46. The van der Waals surface area contributed by atoms with Crippen molar-refractivity contribution in [1.82, 2.24) is 0 Å². The molecule has 108 heavy (non-hydrogen) atoms. The number of aryl methyl sites for hydroxylation is 1. The number of hydrogen-bond acceptors (Lipinski definition) is 6. The van der Waals surface area contributed by atoms with E-state index in [9.17, 15) is 0 Å². The van der Waals surface area contributed by atoms with Crippen LogP contribution < -0.4 is 78.4 Å². The van der Waals surface area contributed by atoms with E-state index in [0.717, 1.165) is 28.6 Å². The molecule has 0 saturated carbocycles. The molecule has 0 fully saturated rings. The average Bonchev–Trinajstić information content (AvgIpc) is 0.657. The van der Waals surface area contributed by atoms with E-state index < -0.39 is 0 Å². The molecule has 9 heteroatoms. The van der Waals surface area contributed by atoms with Crippen LogP contribution in [0.5, 0.6) is 11.5 Å². The van der Waals surface area contributed by atoms with Gasteiger partial charge in [0.2, 0.25) is 0 Å². The summed E-state index contributed by atoms with van der Waals surface area (Å²) in [6.45, 7) is 59.0. The third-order valence-corrected chi connectivity index (χ3v) is 24.9. The van der Waals surface area contributed by atoms with E-state index in [1.807, 2.05) is 0 Å². The van der Waals surface area contributed by atoms with Crippen LogP contribution in [-0.2, 0) is 43.3 Å². The highest BCUT2D eigenvalue weighted by molar-refractivity contribution is 7.06. The molecule has 0 bridgehead atoms. The van der Waals surface area contributed by atoms with Crippen LogP contribution in [0.3, 0.4) is 0 Å². The van der Waals surface area contributed by atoms with Gasteiger partial charge < -0.3 is 29.2 Å². The fourth-order valence-electron chi connectivity index (χ4n) is 18.7. The zero-order valence-electron chi connectivity index (χ0n) is 68.8. The summed E-state index contributed by atoms with van der Waals surface area (Å²) in [5.41, 5.74) is 40.2. The van der Waals surface area contributed by atoms with Crippen molar-refractivity contribution >= 4 is 155 Å². The van der Waals surface area contributed by atoms with Gasteiger partial charge in [-0.2, -0.15) is 0 Å². The van der Waals surface area contributed by atoms with Crippen LogP contribution >= 0.6 is 0 Å². The summed E-state index contributed by atoms with van der Waals surface area (Å²) in [7, 11) is 0. The maximum absolute atomic E-state index is 7.46. The van der Waals surface area contributed by atoms with Gasteiger partial charge in [-0.15, -0.1) is 0 Å². The van der Waals surface area contributed by atoms with E-state index in [4.69, 9.17) is 4.74 Å². The maximum Gasteiger partial charge on any atom is 0.252 e. The molecule has 18 rings (SSSR count). The van der Waals surface area contributed by atoms with Crippen molar-refractivity contribution < 1.29 is 4.74 Å². The summed E-state index contributed by atoms with van der Waals surface area (Å²) in [5, 5.41) is 0. The van der Waals surface area contributed by atoms with Crippen molar-refractivity contribution in [2.75, 3.05) is 24.5 Å². The first kappa shape index (κ1) is 70.1. The van der Waals surface area contributed by atoms with Gasteiger partial charge in [0.05, 0.1) is 11.4 Å². The lowest BCUT2D eigenvalue weighted by atomic mass is 9.28. The molecule has 0 unspecified atom stereocenters. The van der Waals surface area contributed by atoms with Gasteiger partial charge in [-0.05, 0) is 247 Å². The molecule has 0 aromatic heterocycles. The van der Waals surface area contributed by atoms with Crippen LogP contribution in [0.2, 0.25) is 0 Å². The molecule has 0 atom stereocenters. The molecule has 6 nitrogen and oxygen atoms in total. The third kappa shape index (κ3) is 10.6. The first-order valence-electron chi connectivity index (χ1n) is 39.8. The molecule has 0 spiro atoms. The second kappa shape index (κ2) is 22.8. The van der Waals surface area contributed by atoms with Gasteiger partial charge in [0.15, 0.2) is 11.5 Å². The van der Waals surface area contributed by atoms with Crippen LogP contribution in [0.15, 0.2) is 188 Å². The molecule has 0 aliphatic carbocycles. The van der Waals surface area contributed by atoms with Crippen molar-refractivity contribution in [3.8, 4) is 11.5 Å². The van der Waals surface area contributed by atoms with E-state index in [1.54, 1.807) is 0 Å². The van der Waals surface area contributed by atoms with Gasteiger partial charge in [0.1, 0.15) is 0 Å². The maximum atomic E-state index is 7.46. The van der Waals surface area contributed by atoms with Crippen molar-refractivity contribution in [3.05, 3.63) is 238 Å². The van der Waals surface area contributed by atoms with E-state index in [1.165, 1.54) is 167 Å². The summed E-state index contributed by atoms with van der Waals surface area (Å²) in [6.07, 6.45) is 0. The number of fused-ring (bicyclic) bond motifs is 10. The Bertz CT molecular complexity index is 5590. The SMILES string of the molecule is Cc1cc2c3c(c1)N(c1cc(C(C)(C)C)cc(C(C)(C)C)c1)c1cc4c(cc1B3c1ccccc1N2c1cc(C(C)(C)C)cc(C(C)(C)C)c1)B1c2cccc3c2N2c5c(cccc5B5c6ccccc6N(c6cc(C(C)(C)C)cc(C(C)(C)C)c6)c6cc(c1c2c65)N4c1cc(C(C)(C)C)cc(C(C)(C)C)c1)O3. The quantitative estimate of drug-likeness (QED) is 0.163. The Balaban J connectivity index is 1.02. The highest BCUT2D eigenvalue weighted by atomic mass is 16.5. The molecule has 7 heterocycles. The zero-order valence-corrected chi connectivity index (χ0v) is 68.8. The molecule has 7 aliphatic rings. The standard InChI is InChI=1S/C99H106B3N5O/c1-57-40-80-86-81(41-57)105(68-50-62(96(14,15)16)44-63(51-68)97(17,18)19)78-55-79-75(54-74(78)101(86)71-33-27-29-37-77(71)103(80)66-46-58(92(2,3)4)42-59(47-66)93(5,6)7)102-73-35-31-39-85-90(73)107-89-72(34-30-38-84(89)108-85)100-70-32-26-28-36-76(70)104(67-48-60(94(8,9)10)43-61(49-67)95(11,12)13)82-56-83(88(102)91(107)87(82)100)106(79)69-52-64(98(20,21)22)45-65(53-69)99(23,24)25/h26-56H,1-25H3. The highest BCUT2D eigenvalue weighted by Gasteiger charge is 2.56. The molecule has 0 amide bonds. The van der Waals surface area contributed by atoms with Gasteiger partial charge in [0, 0.05) is 73.9 Å². The Morgan fingerprint density at radius 2 is 0.491 bits per heavy atom. The first-order valence-corrected chi connectivity index (χ1v) is 39.8. The van der Waals surface area contributed by atoms with E-state index in [2.05, 4.69) is 386 Å². The van der Waals surface area contributed by atoms with E-state index in [-0.39, 0.29) is 63.5 Å². The van der Waals surface area contributed by atoms with Crippen molar-refractivity contribution in [2.45, 2.75) is 216 Å². The van der Waals surface area contributed by atoms with Crippen LogP contribution in [0.1, 0.15) is 216 Å². The number of hydrogen-bond donors (Lipinski definition) is 0. The van der Waals surface area contributed by atoms with Gasteiger partial charge in [-0.1, -0.05) is 257 Å². The fourth-order valence-corrected chi connectivity index (χ4v) is 18.7. The molecule has 0 N–H and O–H groups in total. The Labute approximate surface area is 645 Å². The molecular weight excluding hydrogens is 1310 g/mol. The molecule has 0 saturated heterocycles. The van der Waals surface area contributed by atoms with Crippen LogP contribution in [0, 0.1) is 6.92 Å². The predicted molar refractivity (Wildman–Crippen MR) is 468 cm³/mol.